The molecule has 2 N–H and O–H groups in total. The number of nitrogens with zero attached hydrogens (tertiary/aromatic N) is 3. The Morgan fingerprint density at radius 1 is 1.47 bits per heavy atom. The summed E-state index contributed by atoms with van der Waals surface area (Å²) in [5.41, 5.74) is 3.15. The highest BCUT2D eigenvalue weighted by molar-refractivity contribution is 9.10. The number of aromatic amines is 1. The van der Waals surface area contributed by atoms with Crippen LogP contribution in [-0.4, -0.2) is 21.4 Å². The van der Waals surface area contributed by atoms with E-state index in [9.17, 15) is 9.18 Å². The van der Waals surface area contributed by atoms with Crippen LogP contribution in [-0.2, 0) is 0 Å². The van der Waals surface area contributed by atoms with Crippen molar-refractivity contribution in [3.8, 4) is 0 Å². The van der Waals surface area contributed by atoms with Crippen molar-refractivity contribution in [3.05, 3.63) is 50.1 Å². The van der Waals surface area contributed by atoms with Gasteiger partial charge in [-0.05, 0) is 40.5 Å². The first kappa shape index (κ1) is 13.3. The number of halogens is 2. The zero-order valence-corrected chi connectivity index (χ0v) is 11.4. The zero-order chi connectivity index (χ0) is 13.8. The molecule has 6 nitrogen and oxygen atoms in total. The number of hydrazone groups is 1. The SMILES string of the molecule is Cc1nnc(N/N=C\c2ccc(F)c(Br)c2)[nH]c1=O. The second kappa shape index (κ2) is 5.70. The van der Waals surface area contributed by atoms with Crippen LogP contribution in [0.5, 0.6) is 0 Å². The highest BCUT2D eigenvalue weighted by Gasteiger charge is 1.99. The van der Waals surface area contributed by atoms with E-state index in [0.717, 1.165) is 0 Å². The highest BCUT2D eigenvalue weighted by Crippen LogP contribution is 2.15. The van der Waals surface area contributed by atoms with Crippen LogP contribution in [0.15, 0.2) is 32.6 Å². The molecule has 0 bridgehead atoms. The van der Waals surface area contributed by atoms with Gasteiger partial charge in [0.25, 0.3) is 5.56 Å². The predicted octanol–water partition coefficient (Wildman–Crippen LogP) is 1.82. The average Bonchev–Trinajstić information content (AvgIpc) is 2.38. The minimum absolute atomic E-state index is 0.132. The normalized spacial score (nSPS) is 10.9. The molecule has 98 valence electrons. The smallest absolute Gasteiger partial charge is 0.274 e. The van der Waals surface area contributed by atoms with Crippen molar-refractivity contribution in [2.24, 2.45) is 5.10 Å². The summed E-state index contributed by atoms with van der Waals surface area (Å²) < 4.78 is 13.4. The standard InChI is InChI=1S/C11H9BrFN5O/c1-6-10(19)15-11(18-16-6)17-14-5-7-2-3-9(13)8(12)4-7/h2-5H,1H3,(H2,15,17,18,19)/b14-5-. The number of anilines is 1. The van der Waals surface area contributed by atoms with Gasteiger partial charge in [-0.1, -0.05) is 6.07 Å². The van der Waals surface area contributed by atoms with Gasteiger partial charge in [-0.2, -0.15) is 5.10 Å². The summed E-state index contributed by atoms with van der Waals surface area (Å²) in [6.07, 6.45) is 1.46. The molecule has 0 atom stereocenters. The number of benzene rings is 1. The molecule has 0 amide bonds. The van der Waals surface area contributed by atoms with Crippen LogP contribution in [0.2, 0.25) is 0 Å². The number of aryl methyl sites for hydroxylation is 1. The number of hydrogen-bond donors (Lipinski definition) is 2. The van der Waals surface area contributed by atoms with Gasteiger partial charge in [-0.3, -0.25) is 9.78 Å². The third kappa shape index (κ3) is 3.44. The third-order valence-corrected chi connectivity index (χ3v) is 2.80. The molecule has 0 aliphatic rings. The van der Waals surface area contributed by atoms with E-state index in [0.29, 0.717) is 10.0 Å². The Labute approximate surface area is 115 Å². The fraction of sp³-hybridized carbons (Fsp3) is 0.0909. The van der Waals surface area contributed by atoms with Gasteiger partial charge in [0, 0.05) is 0 Å². The molecule has 0 radical (unpaired) electrons. The first-order valence-corrected chi connectivity index (χ1v) is 6.03. The molecule has 0 saturated heterocycles. The van der Waals surface area contributed by atoms with Crippen LogP contribution in [0.3, 0.4) is 0 Å². The summed E-state index contributed by atoms with van der Waals surface area (Å²) in [5.74, 6) is -0.216. The molecule has 1 aromatic carbocycles. The van der Waals surface area contributed by atoms with Crippen molar-refractivity contribution < 1.29 is 4.39 Å². The van der Waals surface area contributed by atoms with Gasteiger partial charge in [-0.15, -0.1) is 10.2 Å². The number of hydrogen-bond acceptors (Lipinski definition) is 5. The molecule has 0 fully saturated rings. The highest BCUT2D eigenvalue weighted by atomic mass is 79.9. The Balaban J connectivity index is 2.08. The first-order chi connectivity index (χ1) is 9.06. The predicted molar refractivity (Wildman–Crippen MR) is 72.7 cm³/mol. The molecule has 0 aliphatic heterocycles. The molecule has 2 rings (SSSR count). The van der Waals surface area contributed by atoms with E-state index >= 15 is 0 Å². The van der Waals surface area contributed by atoms with Crippen LogP contribution in [0.4, 0.5) is 10.3 Å². The van der Waals surface area contributed by atoms with Crippen LogP contribution in [0.25, 0.3) is 0 Å². The molecule has 1 heterocycles. The lowest BCUT2D eigenvalue weighted by Gasteiger charge is -1.99. The summed E-state index contributed by atoms with van der Waals surface area (Å²) in [6.45, 7) is 1.55. The van der Waals surface area contributed by atoms with E-state index in [2.05, 4.69) is 41.6 Å². The lowest BCUT2D eigenvalue weighted by molar-refractivity contribution is 0.621. The molecule has 0 spiro atoms. The lowest BCUT2D eigenvalue weighted by Crippen LogP contribution is -2.15. The largest absolute Gasteiger partial charge is 0.288 e. The van der Waals surface area contributed by atoms with Crippen molar-refractivity contribution in [1.82, 2.24) is 15.2 Å². The fourth-order valence-corrected chi connectivity index (χ4v) is 1.60. The van der Waals surface area contributed by atoms with Gasteiger partial charge >= 0.3 is 0 Å². The molecule has 0 aliphatic carbocycles. The van der Waals surface area contributed by atoms with Gasteiger partial charge in [0.2, 0.25) is 5.95 Å². The minimum Gasteiger partial charge on any atom is -0.288 e. The van der Waals surface area contributed by atoms with Gasteiger partial charge in [0.1, 0.15) is 11.5 Å². The summed E-state index contributed by atoms with van der Waals surface area (Å²) in [6, 6.07) is 4.46. The van der Waals surface area contributed by atoms with Crippen LogP contribution in [0.1, 0.15) is 11.3 Å². The van der Waals surface area contributed by atoms with Gasteiger partial charge in [-0.25, -0.2) is 9.82 Å². The second-order valence-electron chi connectivity index (χ2n) is 3.63. The maximum atomic E-state index is 13.0. The Bertz CT molecular complexity index is 685. The summed E-state index contributed by atoms with van der Waals surface area (Å²) in [4.78, 5) is 13.7. The molecule has 2 aromatic rings. The molecule has 1 aromatic heterocycles. The van der Waals surface area contributed by atoms with Crippen molar-refractivity contribution in [3.63, 3.8) is 0 Å². The van der Waals surface area contributed by atoms with E-state index in [1.54, 1.807) is 19.1 Å². The van der Waals surface area contributed by atoms with E-state index in [1.807, 2.05) is 0 Å². The van der Waals surface area contributed by atoms with Crippen LogP contribution < -0.4 is 11.0 Å². The monoisotopic (exact) mass is 325 g/mol. The lowest BCUT2D eigenvalue weighted by atomic mass is 10.2. The van der Waals surface area contributed by atoms with E-state index in [4.69, 9.17) is 0 Å². The van der Waals surface area contributed by atoms with Crippen LogP contribution >= 0.6 is 15.9 Å². The maximum absolute atomic E-state index is 13.0. The van der Waals surface area contributed by atoms with Crippen molar-refractivity contribution in [2.75, 3.05) is 5.43 Å². The average molecular weight is 326 g/mol. The Kier molecular flexibility index (Phi) is 4.00. The van der Waals surface area contributed by atoms with Crippen molar-refractivity contribution >= 4 is 28.1 Å². The van der Waals surface area contributed by atoms with Gasteiger partial charge in [0.05, 0.1) is 10.7 Å². The van der Waals surface area contributed by atoms with E-state index < -0.39 is 0 Å². The molecular formula is C11H9BrFN5O. The maximum Gasteiger partial charge on any atom is 0.274 e. The fourth-order valence-electron chi connectivity index (χ4n) is 1.20. The van der Waals surface area contributed by atoms with E-state index in [1.165, 1.54) is 12.3 Å². The second-order valence-corrected chi connectivity index (χ2v) is 4.49. The van der Waals surface area contributed by atoms with Crippen molar-refractivity contribution in [1.29, 1.82) is 0 Å². The van der Waals surface area contributed by atoms with Crippen molar-refractivity contribution in [2.45, 2.75) is 6.92 Å². The Morgan fingerprint density at radius 3 is 2.95 bits per heavy atom. The van der Waals surface area contributed by atoms with E-state index in [-0.39, 0.29) is 23.0 Å². The molecule has 8 heteroatoms. The molecule has 0 saturated carbocycles. The topological polar surface area (TPSA) is 83.0 Å². The quantitative estimate of drug-likeness (QED) is 0.666. The molecule has 19 heavy (non-hydrogen) atoms. The van der Waals surface area contributed by atoms with Crippen LogP contribution in [0, 0.1) is 12.7 Å². The Hall–Kier alpha value is -2.09. The zero-order valence-electron chi connectivity index (χ0n) is 9.82. The molecular weight excluding hydrogens is 317 g/mol. The minimum atomic E-state index is -0.348. The number of rotatable bonds is 3. The number of H-pyrrole nitrogens is 1. The summed E-state index contributed by atoms with van der Waals surface area (Å²) >= 11 is 3.07. The van der Waals surface area contributed by atoms with Gasteiger partial charge < -0.3 is 0 Å². The number of aromatic nitrogens is 3. The third-order valence-electron chi connectivity index (χ3n) is 2.19. The summed E-state index contributed by atoms with van der Waals surface area (Å²) in [5, 5.41) is 11.2. The summed E-state index contributed by atoms with van der Waals surface area (Å²) in [7, 11) is 0. The number of nitrogens with one attached hydrogen (secondary N) is 2. The first-order valence-electron chi connectivity index (χ1n) is 5.24. The Morgan fingerprint density at radius 2 is 2.26 bits per heavy atom. The van der Waals surface area contributed by atoms with Gasteiger partial charge in [0.15, 0.2) is 0 Å². The molecule has 0 unspecified atom stereocenters.